The number of rotatable bonds is 7. The molecule has 28 heavy (non-hydrogen) atoms. The van der Waals surface area contributed by atoms with E-state index in [2.05, 4.69) is 10.0 Å². The molecular weight excluding hydrogens is 376 g/mol. The van der Waals surface area contributed by atoms with Crippen molar-refractivity contribution in [2.24, 2.45) is 0 Å². The van der Waals surface area contributed by atoms with E-state index >= 15 is 0 Å². The Labute approximate surface area is 166 Å². The van der Waals surface area contributed by atoms with E-state index < -0.39 is 10.0 Å². The lowest BCUT2D eigenvalue weighted by atomic mass is 10.1. The van der Waals surface area contributed by atoms with Gasteiger partial charge in [-0.15, -0.1) is 0 Å². The van der Waals surface area contributed by atoms with Gasteiger partial charge in [-0.1, -0.05) is 42.7 Å². The van der Waals surface area contributed by atoms with Crippen LogP contribution in [-0.2, 0) is 16.6 Å². The van der Waals surface area contributed by atoms with Crippen molar-refractivity contribution in [3.63, 3.8) is 0 Å². The minimum absolute atomic E-state index is 0.00916. The fourth-order valence-electron chi connectivity index (χ4n) is 3.46. The first-order chi connectivity index (χ1) is 13.4. The van der Waals surface area contributed by atoms with Crippen LogP contribution in [0.15, 0.2) is 47.4 Å². The van der Waals surface area contributed by atoms with Crippen LogP contribution in [0.5, 0.6) is 5.75 Å². The summed E-state index contributed by atoms with van der Waals surface area (Å²) in [5, 5.41) is 2.84. The van der Waals surface area contributed by atoms with Gasteiger partial charge in [0.15, 0.2) is 0 Å². The fraction of sp³-hybridized carbons (Fsp3) is 0.381. The average Bonchev–Trinajstić information content (AvgIpc) is 3.18. The summed E-state index contributed by atoms with van der Waals surface area (Å²) in [6, 6.07) is 12.3. The monoisotopic (exact) mass is 402 g/mol. The average molecular weight is 403 g/mol. The molecule has 0 radical (unpaired) electrons. The van der Waals surface area contributed by atoms with Gasteiger partial charge in [0.2, 0.25) is 10.0 Å². The molecule has 1 fully saturated rings. The van der Waals surface area contributed by atoms with Crippen LogP contribution in [0.1, 0.15) is 47.2 Å². The highest BCUT2D eigenvalue weighted by Crippen LogP contribution is 2.27. The third kappa shape index (κ3) is 4.91. The Morgan fingerprint density at radius 1 is 1.14 bits per heavy atom. The number of ether oxygens (including phenoxy) is 1. The number of nitrogens with one attached hydrogen (secondary N) is 2. The van der Waals surface area contributed by atoms with Gasteiger partial charge in [-0.2, -0.15) is 0 Å². The lowest BCUT2D eigenvalue weighted by Gasteiger charge is -2.16. The zero-order valence-corrected chi connectivity index (χ0v) is 17.0. The van der Waals surface area contributed by atoms with Crippen molar-refractivity contribution in [1.29, 1.82) is 0 Å². The number of sulfonamides is 1. The first kappa shape index (κ1) is 20.4. The molecule has 1 aliphatic carbocycles. The molecule has 0 heterocycles. The second-order valence-electron chi connectivity index (χ2n) is 7.14. The number of carbonyl (C=O) groups excluding carboxylic acids is 1. The maximum absolute atomic E-state index is 12.8. The molecule has 0 aromatic heterocycles. The molecule has 0 unspecified atom stereocenters. The second kappa shape index (κ2) is 8.75. The highest BCUT2D eigenvalue weighted by Gasteiger charge is 2.26. The zero-order valence-electron chi connectivity index (χ0n) is 16.2. The molecule has 0 spiro atoms. The molecule has 1 aliphatic rings. The summed E-state index contributed by atoms with van der Waals surface area (Å²) in [4.78, 5) is 12.5. The van der Waals surface area contributed by atoms with Crippen molar-refractivity contribution >= 4 is 15.9 Å². The Morgan fingerprint density at radius 3 is 2.57 bits per heavy atom. The third-order valence-corrected chi connectivity index (χ3v) is 6.47. The maximum Gasteiger partial charge on any atom is 0.251 e. The predicted molar refractivity (Wildman–Crippen MR) is 108 cm³/mol. The highest BCUT2D eigenvalue weighted by molar-refractivity contribution is 7.89. The van der Waals surface area contributed by atoms with Crippen LogP contribution >= 0.6 is 0 Å². The third-order valence-electron chi connectivity index (χ3n) is 4.93. The van der Waals surface area contributed by atoms with Crippen LogP contribution in [0.3, 0.4) is 0 Å². The Morgan fingerprint density at radius 2 is 1.89 bits per heavy atom. The molecule has 1 saturated carbocycles. The van der Waals surface area contributed by atoms with E-state index in [1.54, 1.807) is 6.07 Å². The Bertz CT molecular complexity index is 951. The SMILES string of the molecule is COc1ccc(C(=O)NCc2cccc(C)c2)cc1S(=O)(=O)NC1CCCC1. The molecular formula is C21H26N2O4S. The lowest BCUT2D eigenvalue weighted by Crippen LogP contribution is -2.33. The molecule has 1 amide bonds. The van der Waals surface area contributed by atoms with E-state index in [-0.39, 0.29) is 28.2 Å². The van der Waals surface area contributed by atoms with Crippen molar-refractivity contribution in [2.45, 2.75) is 50.1 Å². The predicted octanol–water partition coefficient (Wildman–Crippen LogP) is 3.15. The van der Waals surface area contributed by atoms with E-state index in [4.69, 9.17) is 4.74 Å². The summed E-state index contributed by atoms with van der Waals surface area (Å²) in [5.41, 5.74) is 2.38. The first-order valence-corrected chi connectivity index (χ1v) is 10.9. The smallest absolute Gasteiger partial charge is 0.251 e. The summed E-state index contributed by atoms with van der Waals surface area (Å²) in [6.45, 7) is 2.36. The van der Waals surface area contributed by atoms with Gasteiger partial charge in [0.25, 0.3) is 5.91 Å². The van der Waals surface area contributed by atoms with Crippen molar-refractivity contribution in [3.05, 3.63) is 59.2 Å². The van der Waals surface area contributed by atoms with Crippen molar-refractivity contribution in [2.75, 3.05) is 7.11 Å². The zero-order chi connectivity index (χ0) is 20.1. The molecule has 0 bridgehead atoms. The van der Waals surface area contributed by atoms with Crippen LogP contribution in [0.2, 0.25) is 0 Å². The van der Waals surface area contributed by atoms with Crippen molar-refractivity contribution < 1.29 is 17.9 Å². The Hall–Kier alpha value is -2.38. The highest BCUT2D eigenvalue weighted by atomic mass is 32.2. The molecule has 0 atom stereocenters. The molecule has 2 aromatic rings. The number of benzene rings is 2. The van der Waals surface area contributed by atoms with Gasteiger partial charge < -0.3 is 10.1 Å². The molecule has 3 rings (SSSR count). The van der Waals surface area contributed by atoms with E-state index in [1.165, 1.54) is 19.2 Å². The minimum Gasteiger partial charge on any atom is -0.495 e. The number of hydrogen-bond acceptors (Lipinski definition) is 4. The topological polar surface area (TPSA) is 84.5 Å². The van der Waals surface area contributed by atoms with Gasteiger partial charge >= 0.3 is 0 Å². The standard InChI is InChI=1S/C21H26N2O4S/c1-15-6-5-7-16(12-15)14-22-21(24)17-10-11-19(27-2)20(13-17)28(25,26)23-18-8-3-4-9-18/h5-7,10-13,18,23H,3-4,8-9,14H2,1-2H3,(H,22,24). The number of amides is 1. The normalized spacial score (nSPS) is 14.8. The van der Waals surface area contributed by atoms with Crippen molar-refractivity contribution in [3.8, 4) is 5.75 Å². The van der Waals surface area contributed by atoms with E-state index in [9.17, 15) is 13.2 Å². The maximum atomic E-state index is 12.8. The fourth-order valence-corrected chi connectivity index (χ4v) is 4.96. The van der Waals surface area contributed by atoms with Crippen LogP contribution in [0.25, 0.3) is 0 Å². The van der Waals surface area contributed by atoms with E-state index in [0.29, 0.717) is 6.54 Å². The minimum atomic E-state index is -3.77. The molecule has 7 heteroatoms. The van der Waals surface area contributed by atoms with Crippen LogP contribution in [0.4, 0.5) is 0 Å². The number of carbonyl (C=O) groups is 1. The summed E-state index contributed by atoms with van der Waals surface area (Å²) in [7, 11) is -2.35. The van der Waals surface area contributed by atoms with Crippen LogP contribution in [0, 0.1) is 6.92 Å². The summed E-state index contributed by atoms with van der Waals surface area (Å²) in [5.74, 6) is -0.109. The van der Waals surface area contributed by atoms with Gasteiger partial charge in [0.1, 0.15) is 10.6 Å². The Balaban J connectivity index is 1.78. The summed E-state index contributed by atoms with van der Waals surface area (Å²) < 4.78 is 33.6. The van der Waals surface area contributed by atoms with Gasteiger partial charge in [0.05, 0.1) is 7.11 Å². The van der Waals surface area contributed by atoms with Gasteiger partial charge in [-0.05, 0) is 43.5 Å². The largest absolute Gasteiger partial charge is 0.495 e. The van der Waals surface area contributed by atoms with Crippen LogP contribution < -0.4 is 14.8 Å². The molecule has 2 aromatic carbocycles. The molecule has 0 aliphatic heterocycles. The van der Waals surface area contributed by atoms with E-state index in [0.717, 1.165) is 36.8 Å². The molecule has 2 N–H and O–H groups in total. The van der Waals surface area contributed by atoms with Gasteiger partial charge in [-0.25, -0.2) is 13.1 Å². The number of hydrogen-bond donors (Lipinski definition) is 2. The summed E-state index contributed by atoms with van der Waals surface area (Å²) in [6.07, 6.45) is 3.70. The molecule has 150 valence electrons. The van der Waals surface area contributed by atoms with Crippen LogP contribution in [-0.4, -0.2) is 27.5 Å². The second-order valence-corrected chi connectivity index (χ2v) is 8.82. The molecule has 6 nitrogen and oxygen atoms in total. The molecule has 0 saturated heterocycles. The van der Waals surface area contributed by atoms with E-state index in [1.807, 2.05) is 31.2 Å². The lowest BCUT2D eigenvalue weighted by molar-refractivity contribution is 0.0950. The van der Waals surface area contributed by atoms with Gasteiger partial charge in [0, 0.05) is 18.2 Å². The summed E-state index contributed by atoms with van der Waals surface area (Å²) >= 11 is 0. The quantitative estimate of drug-likeness (QED) is 0.745. The Kier molecular flexibility index (Phi) is 6.36. The first-order valence-electron chi connectivity index (χ1n) is 9.43. The number of aryl methyl sites for hydroxylation is 1. The van der Waals surface area contributed by atoms with Gasteiger partial charge in [-0.3, -0.25) is 4.79 Å². The van der Waals surface area contributed by atoms with Crippen molar-refractivity contribution in [1.82, 2.24) is 10.0 Å². The number of methoxy groups -OCH3 is 1.